The lowest BCUT2D eigenvalue weighted by Gasteiger charge is -2.20. The standard InChI is InChI=1S/C13H14N2O5/c1-4-20-12(16)13(2,8-14)10-7-9(19-3)5-6-11(10)15(17)18/h5-7H,4H2,1-3H3. The fraction of sp³-hybridized carbons (Fsp3) is 0.385. The summed E-state index contributed by atoms with van der Waals surface area (Å²) in [6, 6.07) is 5.69. The number of nitro benzene ring substituents is 1. The van der Waals surface area contributed by atoms with E-state index in [9.17, 15) is 20.2 Å². The Morgan fingerprint density at radius 1 is 1.55 bits per heavy atom. The molecule has 1 aromatic rings. The summed E-state index contributed by atoms with van der Waals surface area (Å²) in [5.41, 5.74) is -2.15. The smallest absolute Gasteiger partial charge is 0.331 e. The van der Waals surface area contributed by atoms with Crippen molar-refractivity contribution in [1.82, 2.24) is 0 Å². The van der Waals surface area contributed by atoms with Gasteiger partial charge in [0.05, 0.1) is 30.3 Å². The molecule has 0 aliphatic heterocycles. The van der Waals surface area contributed by atoms with E-state index in [1.54, 1.807) is 13.0 Å². The zero-order valence-electron chi connectivity index (χ0n) is 11.4. The van der Waals surface area contributed by atoms with Gasteiger partial charge in [0.15, 0.2) is 5.41 Å². The van der Waals surface area contributed by atoms with Gasteiger partial charge in [-0.2, -0.15) is 5.26 Å². The van der Waals surface area contributed by atoms with E-state index in [-0.39, 0.29) is 17.9 Å². The second-order valence-corrected chi connectivity index (χ2v) is 4.10. The molecule has 1 aromatic carbocycles. The first-order valence-corrected chi connectivity index (χ1v) is 5.82. The first kappa shape index (κ1) is 15.4. The van der Waals surface area contributed by atoms with Gasteiger partial charge in [-0.05, 0) is 26.0 Å². The van der Waals surface area contributed by atoms with Gasteiger partial charge in [-0.15, -0.1) is 0 Å². The van der Waals surface area contributed by atoms with Crippen molar-refractivity contribution in [2.45, 2.75) is 19.3 Å². The molecule has 7 nitrogen and oxygen atoms in total. The monoisotopic (exact) mass is 278 g/mol. The van der Waals surface area contributed by atoms with Crippen molar-refractivity contribution in [2.24, 2.45) is 0 Å². The fourth-order valence-electron chi connectivity index (χ4n) is 1.69. The van der Waals surface area contributed by atoms with Crippen LogP contribution in [0.5, 0.6) is 5.75 Å². The van der Waals surface area contributed by atoms with E-state index in [2.05, 4.69) is 0 Å². The lowest BCUT2D eigenvalue weighted by molar-refractivity contribution is -0.385. The Labute approximate surface area is 115 Å². The van der Waals surface area contributed by atoms with Crippen LogP contribution in [0.4, 0.5) is 5.69 Å². The summed E-state index contributed by atoms with van der Waals surface area (Å²) in [6.45, 7) is 2.95. The van der Waals surface area contributed by atoms with Crippen molar-refractivity contribution in [2.75, 3.05) is 13.7 Å². The fourth-order valence-corrected chi connectivity index (χ4v) is 1.69. The maximum atomic E-state index is 12.0. The van der Waals surface area contributed by atoms with Gasteiger partial charge in [0.25, 0.3) is 5.69 Å². The Morgan fingerprint density at radius 3 is 2.65 bits per heavy atom. The Kier molecular flexibility index (Phi) is 4.64. The number of methoxy groups -OCH3 is 1. The van der Waals surface area contributed by atoms with Crippen LogP contribution in [-0.4, -0.2) is 24.6 Å². The van der Waals surface area contributed by atoms with Crippen LogP contribution in [0.1, 0.15) is 19.4 Å². The van der Waals surface area contributed by atoms with Crippen molar-refractivity contribution in [1.29, 1.82) is 5.26 Å². The highest BCUT2D eigenvalue weighted by Gasteiger charge is 2.42. The van der Waals surface area contributed by atoms with Crippen LogP contribution >= 0.6 is 0 Å². The van der Waals surface area contributed by atoms with E-state index >= 15 is 0 Å². The third kappa shape index (κ3) is 2.69. The van der Waals surface area contributed by atoms with E-state index in [1.165, 1.54) is 32.2 Å². The van der Waals surface area contributed by atoms with Gasteiger partial charge in [-0.1, -0.05) is 0 Å². The highest BCUT2D eigenvalue weighted by Crippen LogP contribution is 2.35. The molecular formula is C13H14N2O5. The number of esters is 1. The van der Waals surface area contributed by atoms with Crippen molar-refractivity contribution in [3.63, 3.8) is 0 Å². The first-order chi connectivity index (χ1) is 9.40. The number of nitriles is 1. The molecule has 0 heterocycles. The van der Waals surface area contributed by atoms with Gasteiger partial charge in [0.2, 0.25) is 0 Å². The molecule has 0 spiro atoms. The van der Waals surface area contributed by atoms with E-state index in [0.29, 0.717) is 5.75 Å². The molecule has 0 aromatic heterocycles. The van der Waals surface area contributed by atoms with Crippen molar-refractivity contribution in [3.05, 3.63) is 33.9 Å². The molecule has 7 heteroatoms. The third-order valence-electron chi connectivity index (χ3n) is 2.85. The van der Waals surface area contributed by atoms with Crippen LogP contribution < -0.4 is 4.74 Å². The van der Waals surface area contributed by atoms with Crippen LogP contribution in [0.3, 0.4) is 0 Å². The molecule has 20 heavy (non-hydrogen) atoms. The molecule has 0 fully saturated rings. The zero-order chi connectivity index (χ0) is 15.3. The number of nitrogens with zero attached hydrogens (tertiary/aromatic N) is 2. The van der Waals surface area contributed by atoms with Gasteiger partial charge in [-0.3, -0.25) is 10.1 Å². The molecular weight excluding hydrogens is 264 g/mol. The molecule has 0 radical (unpaired) electrons. The number of carbonyl (C=O) groups excluding carboxylic acids is 1. The SMILES string of the molecule is CCOC(=O)C(C)(C#N)c1cc(OC)ccc1[N+](=O)[O-]. The number of ether oxygens (including phenoxy) is 2. The summed E-state index contributed by atoms with van der Waals surface area (Å²) in [4.78, 5) is 22.4. The Bertz CT molecular complexity index is 579. The largest absolute Gasteiger partial charge is 0.497 e. The Hall–Kier alpha value is -2.62. The number of carbonyl (C=O) groups is 1. The molecule has 0 bridgehead atoms. The van der Waals surface area contributed by atoms with Crippen LogP contribution in [0.25, 0.3) is 0 Å². The number of benzene rings is 1. The molecule has 0 aliphatic rings. The van der Waals surface area contributed by atoms with Crippen molar-refractivity contribution >= 4 is 11.7 Å². The minimum Gasteiger partial charge on any atom is -0.497 e. The van der Waals surface area contributed by atoms with Crippen molar-refractivity contribution in [3.8, 4) is 11.8 Å². The topological polar surface area (TPSA) is 102 Å². The predicted molar refractivity (Wildman–Crippen MR) is 69.2 cm³/mol. The van der Waals surface area contributed by atoms with E-state index in [1.807, 2.05) is 0 Å². The molecule has 0 saturated heterocycles. The molecule has 0 N–H and O–H groups in total. The van der Waals surface area contributed by atoms with Gasteiger partial charge < -0.3 is 9.47 Å². The minimum atomic E-state index is -1.77. The second kappa shape index (κ2) is 6.02. The molecule has 1 rings (SSSR count). The van der Waals surface area contributed by atoms with Gasteiger partial charge in [-0.25, -0.2) is 4.79 Å². The van der Waals surface area contributed by atoms with Crippen LogP contribution in [-0.2, 0) is 14.9 Å². The highest BCUT2D eigenvalue weighted by atomic mass is 16.6. The average molecular weight is 278 g/mol. The lowest BCUT2D eigenvalue weighted by atomic mass is 9.83. The highest BCUT2D eigenvalue weighted by molar-refractivity contribution is 5.88. The summed E-state index contributed by atoms with van der Waals surface area (Å²) in [5.74, 6) is -0.518. The Morgan fingerprint density at radius 2 is 2.20 bits per heavy atom. The minimum absolute atomic E-state index is 0.0530. The summed E-state index contributed by atoms with van der Waals surface area (Å²) in [5, 5.41) is 20.4. The molecule has 1 unspecified atom stereocenters. The molecule has 0 aliphatic carbocycles. The summed E-state index contributed by atoms with van der Waals surface area (Å²) in [7, 11) is 1.39. The van der Waals surface area contributed by atoms with E-state index < -0.39 is 16.3 Å². The van der Waals surface area contributed by atoms with Crippen molar-refractivity contribution < 1.29 is 19.2 Å². The zero-order valence-corrected chi connectivity index (χ0v) is 11.4. The average Bonchev–Trinajstić information content (AvgIpc) is 2.45. The van der Waals surface area contributed by atoms with Crippen LogP contribution in [0.15, 0.2) is 18.2 Å². The summed E-state index contributed by atoms with van der Waals surface area (Å²) >= 11 is 0. The maximum Gasteiger partial charge on any atom is 0.331 e. The summed E-state index contributed by atoms with van der Waals surface area (Å²) < 4.78 is 9.82. The normalized spacial score (nSPS) is 12.9. The van der Waals surface area contributed by atoms with Gasteiger partial charge >= 0.3 is 5.97 Å². The van der Waals surface area contributed by atoms with Crippen LogP contribution in [0.2, 0.25) is 0 Å². The number of nitro groups is 1. The molecule has 1 atom stereocenters. The van der Waals surface area contributed by atoms with Crippen LogP contribution in [0, 0.1) is 21.4 Å². The van der Waals surface area contributed by atoms with E-state index in [0.717, 1.165) is 0 Å². The first-order valence-electron chi connectivity index (χ1n) is 5.82. The quantitative estimate of drug-likeness (QED) is 0.463. The van der Waals surface area contributed by atoms with Gasteiger partial charge in [0, 0.05) is 6.07 Å². The van der Waals surface area contributed by atoms with E-state index in [4.69, 9.17) is 9.47 Å². The summed E-state index contributed by atoms with van der Waals surface area (Å²) in [6.07, 6.45) is 0. The molecule has 0 saturated carbocycles. The van der Waals surface area contributed by atoms with Gasteiger partial charge in [0.1, 0.15) is 5.75 Å². The number of hydrogen-bond donors (Lipinski definition) is 0. The maximum absolute atomic E-state index is 12.0. The second-order valence-electron chi connectivity index (χ2n) is 4.10. The molecule has 0 amide bonds. The lowest BCUT2D eigenvalue weighted by Crippen LogP contribution is -2.33. The number of hydrogen-bond acceptors (Lipinski definition) is 6. The third-order valence-corrected chi connectivity index (χ3v) is 2.85. The number of rotatable bonds is 5. The predicted octanol–water partition coefficient (Wildman–Crippen LogP) is 1.95. The molecule has 106 valence electrons. The Balaban J connectivity index is 3.51.